The number of imidazole rings is 1. The van der Waals surface area contributed by atoms with E-state index in [1.807, 2.05) is 30.0 Å². The van der Waals surface area contributed by atoms with E-state index in [0.29, 0.717) is 13.0 Å². The van der Waals surface area contributed by atoms with E-state index in [1.54, 1.807) is 0 Å². The molecule has 144 valence electrons. The van der Waals surface area contributed by atoms with Crippen LogP contribution in [0.2, 0.25) is 0 Å². The molecule has 0 radical (unpaired) electrons. The van der Waals surface area contributed by atoms with Crippen LogP contribution in [0.3, 0.4) is 0 Å². The monoisotopic (exact) mass is 386 g/mol. The molecule has 0 bridgehead atoms. The van der Waals surface area contributed by atoms with Crippen LogP contribution in [0.5, 0.6) is 0 Å². The third-order valence-corrected chi connectivity index (χ3v) is 5.51. The number of nitrogens with one attached hydrogen (secondary N) is 2. The number of carbonyl (C=O) groups excluding carboxylic acids is 2. The lowest BCUT2D eigenvalue weighted by molar-refractivity contribution is -0.130. The maximum absolute atomic E-state index is 12.0. The molecule has 0 spiro atoms. The summed E-state index contributed by atoms with van der Waals surface area (Å²) in [5.41, 5.74) is 3.24. The van der Waals surface area contributed by atoms with Crippen molar-refractivity contribution in [2.24, 2.45) is 0 Å². The van der Waals surface area contributed by atoms with Gasteiger partial charge in [0.2, 0.25) is 11.8 Å². The SMILES string of the molecule is Cc1[nH]c(SCC(=O)NCCC(=O)N2CCCC2)nc1Cc1ccccc1. The summed E-state index contributed by atoms with van der Waals surface area (Å²) < 4.78 is 0. The number of thioether (sulfide) groups is 1. The number of nitrogens with zero attached hydrogens (tertiary/aromatic N) is 2. The largest absolute Gasteiger partial charge is 0.355 e. The van der Waals surface area contributed by atoms with Crippen molar-refractivity contribution in [3.05, 3.63) is 47.3 Å². The highest BCUT2D eigenvalue weighted by Gasteiger charge is 2.17. The van der Waals surface area contributed by atoms with Crippen LogP contribution in [0.4, 0.5) is 0 Å². The van der Waals surface area contributed by atoms with Gasteiger partial charge in [-0.25, -0.2) is 4.98 Å². The summed E-state index contributed by atoms with van der Waals surface area (Å²) in [7, 11) is 0. The summed E-state index contributed by atoms with van der Waals surface area (Å²) in [6, 6.07) is 10.2. The molecule has 2 heterocycles. The number of amides is 2. The molecule has 6 nitrogen and oxygen atoms in total. The smallest absolute Gasteiger partial charge is 0.230 e. The van der Waals surface area contributed by atoms with E-state index < -0.39 is 0 Å². The Hall–Kier alpha value is -2.28. The molecule has 7 heteroatoms. The highest BCUT2D eigenvalue weighted by Crippen LogP contribution is 2.18. The van der Waals surface area contributed by atoms with Gasteiger partial charge in [-0.1, -0.05) is 42.1 Å². The summed E-state index contributed by atoms with van der Waals surface area (Å²) in [6.07, 6.45) is 3.32. The van der Waals surface area contributed by atoms with Gasteiger partial charge in [0.15, 0.2) is 5.16 Å². The Morgan fingerprint density at radius 1 is 1.22 bits per heavy atom. The van der Waals surface area contributed by atoms with Crippen LogP contribution in [0, 0.1) is 6.92 Å². The highest BCUT2D eigenvalue weighted by molar-refractivity contribution is 7.99. The third-order valence-electron chi connectivity index (χ3n) is 4.64. The Bertz CT molecular complexity index is 770. The first kappa shape index (κ1) is 19.5. The number of hydrogen-bond acceptors (Lipinski definition) is 4. The summed E-state index contributed by atoms with van der Waals surface area (Å²) in [5, 5.41) is 3.57. The molecule has 1 aromatic carbocycles. The van der Waals surface area contributed by atoms with Crippen LogP contribution in [-0.4, -0.2) is 52.1 Å². The fraction of sp³-hybridized carbons (Fsp3) is 0.450. The maximum Gasteiger partial charge on any atom is 0.230 e. The lowest BCUT2D eigenvalue weighted by atomic mass is 10.1. The van der Waals surface area contributed by atoms with Gasteiger partial charge in [0.25, 0.3) is 0 Å². The summed E-state index contributed by atoms with van der Waals surface area (Å²) in [5.74, 6) is 0.343. The van der Waals surface area contributed by atoms with Crippen molar-refractivity contribution in [2.75, 3.05) is 25.4 Å². The van der Waals surface area contributed by atoms with Crippen molar-refractivity contribution in [3.63, 3.8) is 0 Å². The number of rotatable bonds is 8. The van der Waals surface area contributed by atoms with Crippen LogP contribution in [0.1, 0.15) is 36.2 Å². The number of hydrogen-bond donors (Lipinski definition) is 2. The molecular formula is C20H26N4O2S. The van der Waals surface area contributed by atoms with Crippen molar-refractivity contribution in [2.45, 2.75) is 37.8 Å². The Kier molecular flexibility index (Phi) is 6.92. The van der Waals surface area contributed by atoms with E-state index >= 15 is 0 Å². The molecule has 1 aliphatic heterocycles. The van der Waals surface area contributed by atoms with E-state index in [2.05, 4.69) is 27.4 Å². The fourth-order valence-corrected chi connectivity index (χ4v) is 3.88. The van der Waals surface area contributed by atoms with Crippen LogP contribution >= 0.6 is 11.8 Å². The van der Waals surface area contributed by atoms with Crippen LogP contribution in [-0.2, 0) is 16.0 Å². The van der Waals surface area contributed by atoms with Gasteiger partial charge < -0.3 is 15.2 Å². The topological polar surface area (TPSA) is 78.1 Å². The number of aromatic nitrogens is 2. The Morgan fingerprint density at radius 2 is 1.96 bits per heavy atom. The molecule has 2 N–H and O–H groups in total. The number of carbonyl (C=O) groups is 2. The summed E-state index contributed by atoms with van der Waals surface area (Å²) in [4.78, 5) is 33.7. The van der Waals surface area contributed by atoms with E-state index in [0.717, 1.165) is 48.9 Å². The van der Waals surface area contributed by atoms with E-state index in [1.165, 1.54) is 17.3 Å². The van der Waals surface area contributed by atoms with Crippen molar-refractivity contribution >= 4 is 23.6 Å². The first-order valence-electron chi connectivity index (χ1n) is 9.38. The number of H-pyrrole nitrogens is 1. The fourth-order valence-electron chi connectivity index (χ4n) is 3.12. The minimum absolute atomic E-state index is 0.0760. The molecule has 1 saturated heterocycles. The Balaban J connectivity index is 1.39. The van der Waals surface area contributed by atoms with Crippen LogP contribution in [0.25, 0.3) is 0 Å². The quantitative estimate of drug-likeness (QED) is 0.684. The van der Waals surface area contributed by atoms with Crippen LogP contribution < -0.4 is 5.32 Å². The lowest BCUT2D eigenvalue weighted by Crippen LogP contribution is -2.33. The van der Waals surface area contributed by atoms with Gasteiger partial charge in [-0.3, -0.25) is 9.59 Å². The molecule has 2 amide bonds. The van der Waals surface area contributed by atoms with E-state index in [9.17, 15) is 9.59 Å². The normalized spacial score (nSPS) is 13.7. The molecule has 27 heavy (non-hydrogen) atoms. The van der Waals surface area contributed by atoms with Crippen molar-refractivity contribution in [1.82, 2.24) is 20.2 Å². The number of aryl methyl sites for hydroxylation is 1. The lowest BCUT2D eigenvalue weighted by Gasteiger charge is -2.15. The Morgan fingerprint density at radius 3 is 2.70 bits per heavy atom. The first-order valence-corrected chi connectivity index (χ1v) is 10.4. The van der Waals surface area contributed by atoms with Gasteiger partial charge in [-0.15, -0.1) is 0 Å². The predicted octanol–water partition coefficient (Wildman–Crippen LogP) is 2.53. The molecule has 1 aromatic heterocycles. The summed E-state index contributed by atoms with van der Waals surface area (Å²) in [6.45, 7) is 4.10. The van der Waals surface area contributed by atoms with Crippen LogP contribution in [0.15, 0.2) is 35.5 Å². The third kappa shape index (κ3) is 5.85. The molecule has 0 aliphatic carbocycles. The maximum atomic E-state index is 12.0. The van der Waals surface area contributed by atoms with E-state index in [4.69, 9.17) is 0 Å². The zero-order valence-electron chi connectivity index (χ0n) is 15.7. The minimum atomic E-state index is -0.0760. The average molecular weight is 387 g/mol. The van der Waals surface area contributed by atoms with Gasteiger partial charge in [0.1, 0.15) is 0 Å². The second-order valence-electron chi connectivity index (χ2n) is 6.75. The molecule has 1 aliphatic rings. The second kappa shape index (κ2) is 9.60. The molecule has 1 fully saturated rings. The first-order chi connectivity index (χ1) is 13.1. The van der Waals surface area contributed by atoms with Crippen molar-refractivity contribution < 1.29 is 9.59 Å². The molecule has 0 unspecified atom stereocenters. The molecule has 2 aromatic rings. The average Bonchev–Trinajstić information content (AvgIpc) is 3.31. The van der Waals surface area contributed by atoms with Gasteiger partial charge in [0.05, 0.1) is 11.4 Å². The molecule has 0 atom stereocenters. The van der Waals surface area contributed by atoms with Crippen molar-refractivity contribution in [3.8, 4) is 0 Å². The zero-order chi connectivity index (χ0) is 19.1. The Labute approximate surface area is 164 Å². The van der Waals surface area contributed by atoms with Crippen molar-refractivity contribution in [1.29, 1.82) is 0 Å². The highest BCUT2D eigenvalue weighted by atomic mass is 32.2. The van der Waals surface area contributed by atoms with Gasteiger partial charge in [0, 0.05) is 38.2 Å². The molecule has 3 rings (SSSR count). The van der Waals surface area contributed by atoms with Gasteiger partial charge in [-0.2, -0.15) is 0 Å². The number of aromatic amines is 1. The van der Waals surface area contributed by atoms with E-state index in [-0.39, 0.29) is 17.6 Å². The zero-order valence-corrected chi connectivity index (χ0v) is 16.5. The predicted molar refractivity (Wildman–Crippen MR) is 107 cm³/mol. The standard InChI is InChI=1S/C20H26N4O2S/c1-15-17(13-16-7-3-2-4-8-16)23-20(22-15)27-14-18(25)21-10-9-19(26)24-11-5-6-12-24/h2-4,7-8H,5-6,9-14H2,1H3,(H,21,25)(H,22,23). The van der Waals surface area contributed by atoms with Gasteiger partial charge in [-0.05, 0) is 25.3 Å². The number of likely N-dealkylation sites (tertiary alicyclic amines) is 1. The summed E-state index contributed by atoms with van der Waals surface area (Å²) >= 11 is 1.38. The molecular weight excluding hydrogens is 360 g/mol. The minimum Gasteiger partial charge on any atom is -0.355 e. The number of benzene rings is 1. The molecule has 0 saturated carbocycles. The second-order valence-corrected chi connectivity index (χ2v) is 7.72. The van der Waals surface area contributed by atoms with Gasteiger partial charge >= 0.3 is 0 Å².